The first-order valence-electron chi connectivity index (χ1n) is 4.69. The number of aromatic nitrogens is 1. The number of anilines is 1. The van der Waals surface area contributed by atoms with Gasteiger partial charge in [0.25, 0.3) is 5.91 Å². The van der Waals surface area contributed by atoms with Crippen molar-refractivity contribution in [2.24, 2.45) is 0 Å². The van der Waals surface area contributed by atoms with Crippen LogP contribution in [0.5, 0.6) is 5.75 Å². The van der Waals surface area contributed by atoms with Crippen LogP contribution in [0.3, 0.4) is 0 Å². The van der Waals surface area contributed by atoms with E-state index in [-0.39, 0.29) is 11.7 Å². The van der Waals surface area contributed by atoms with E-state index >= 15 is 0 Å². The molecule has 0 spiro atoms. The molecule has 0 saturated heterocycles. The standard InChI is InChI=1S/C11H10N2O3/c1-7-5-10(13-16-7)12-11(15)8-3-2-4-9(14)6-8/h2-6,14H,1H3,(H,12,13,15). The van der Waals surface area contributed by atoms with E-state index in [1.165, 1.54) is 12.1 Å². The summed E-state index contributed by atoms with van der Waals surface area (Å²) in [7, 11) is 0. The maximum atomic E-state index is 11.7. The van der Waals surface area contributed by atoms with E-state index in [1.54, 1.807) is 25.1 Å². The summed E-state index contributed by atoms with van der Waals surface area (Å²) >= 11 is 0. The summed E-state index contributed by atoms with van der Waals surface area (Å²) < 4.78 is 4.81. The molecule has 0 aliphatic carbocycles. The molecule has 0 fully saturated rings. The van der Waals surface area contributed by atoms with Crippen molar-refractivity contribution in [2.75, 3.05) is 5.32 Å². The Labute approximate surface area is 91.7 Å². The Bertz CT molecular complexity index is 519. The second-order valence-corrected chi connectivity index (χ2v) is 3.33. The van der Waals surface area contributed by atoms with Crippen molar-refractivity contribution >= 4 is 11.7 Å². The number of phenols is 1. The van der Waals surface area contributed by atoms with Crippen molar-refractivity contribution < 1.29 is 14.4 Å². The molecule has 2 N–H and O–H groups in total. The van der Waals surface area contributed by atoms with E-state index in [1.807, 2.05) is 0 Å². The fraction of sp³-hybridized carbons (Fsp3) is 0.0909. The van der Waals surface area contributed by atoms with Crippen LogP contribution in [0.25, 0.3) is 0 Å². The molecule has 82 valence electrons. The van der Waals surface area contributed by atoms with E-state index in [4.69, 9.17) is 4.52 Å². The van der Waals surface area contributed by atoms with Crippen molar-refractivity contribution in [3.8, 4) is 5.75 Å². The van der Waals surface area contributed by atoms with Crippen LogP contribution in [0.2, 0.25) is 0 Å². The minimum atomic E-state index is -0.343. The number of rotatable bonds is 2. The third kappa shape index (κ3) is 2.20. The van der Waals surface area contributed by atoms with E-state index in [0.29, 0.717) is 17.1 Å². The highest BCUT2D eigenvalue weighted by Crippen LogP contribution is 2.13. The fourth-order valence-electron chi connectivity index (χ4n) is 1.26. The molecule has 0 aliphatic heterocycles. The lowest BCUT2D eigenvalue weighted by molar-refractivity contribution is 0.102. The molecule has 5 nitrogen and oxygen atoms in total. The van der Waals surface area contributed by atoms with Gasteiger partial charge in [0.1, 0.15) is 11.5 Å². The average molecular weight is 218 g/mol. The zero-order valence-corrected chi connectivity index (χ0v) is 8.60. The van der Waals surface area contributed by atoms with Crippen molar-refractivity contribution in [3.63, 3.8) is 0 Å². The normalized spacial score (nSPS) is 10.1. The fourth-order valence-corrected chi connectivity index (χ4v) is 1.26. The van der Waals surface area contributed by atoms with Crippen LogP contribution in [-0.4, -0.2) is 16.2 Å². The van der Waals surface area contributed by atoms with Crippen LogP contribution in [0.1, 0.15) is 16.1 Å². The molecule has 1 amide bonds. The van der Waals surface area contributed by atoms with Crippen molar-refractivity contribution in [1.82, 2.24) is 5.16 Å². The number of carbonyl (C=O) groups excluding carboxylic acids is 1. The second kappa shape index (κ2) is 4.06. The van der Waals surface area contributed by atoms with Crippen LogP contribution in [0.4, 0.5) is 5.82 Å². The van der Waals surface area contributed by atoms with Crippen molar-refractivity contribution in [1.29, 1.82) is 0 Å². The summed E-state index contributed by atoms with van der Waals surface area (Å²) in [4.78, 5) is 11.7. The zero-order chi connectivity index (χ0) is 11.5. The van der Waals surface area contributed by atoms with E-state index in [2.05, 4.69) is 10.5 Å². The molecule has 0 bridgehead atoms. The number of hydrogen-bond donors (Lipinski definition) is 2. The molecule has 1 heterocycles. The number of nitrogens with one attached hydrogen (secondary N) is 1. The summed E-state index contributed by atoms with van der Waals surface area (Å²) in [5.74, 6) is 0.672. The quantitative estimate of drug-likeness (QED) is 0.807. The lowest BCUT2D eigenvalue weighted by Crippen LogP contribution is -2.11. The van der Waals surface area contributed by atoms with E-state index in [0.717, 1.165) is 0 Å². The van der Waals surface area contributed by atoms with Gasteiger partial charge in [-0.2, -0.15) is 0 Å². The molecule has 5 heteroatoms. The monoisotopic (exact) mass is 218 g/mol. The molecule has 2 aromatic rings. The maximum absolute atomic E-state index is 11.7. The van der Waals surface area contributed by atoms with Gasteiger partial charge in [-0.25, -0.2) is 0 Å². The Morgan fingerprint density at radius 2 is 2.25 bits per heavy atom. The van der Waals surface area contributed by atoms with Crippen LogP contribution >= 0.6 is 0 Å². The minimum Gasteiger partial charge on any atom is -0.508 e. The van der Waals surface area contributed by atoms with Gasteiger partial charge >= 0.3 is 0 Å². The van der Waals surface area contributed by atoms with Crippen LogP contribution in [-0.2, 0) is 0 Å². The lowest BCUT2D eigenvalue weighted by Gasteiger charge is -2.01. The van der Waals surface area contributed by atoms with Gasteiger partial charge in [-0.3, -0.25) is 4.79 Å². The number of carbonyl (C=O) groups is 1. The van der Waals surface area contributed by atoms with Gasteiger partial charge in [0.05, 0.1) is 0 Å². The van der Waals surface area contributed by atoms with Crippen LogP contribution in [0.15, 0.2) is 34.9 Å². The zero-order valence-electron chi connectivity index (χ0n) is 8.60. The van der Waals surface area contributed by atoms with Gasteiger partial charge in [-0.15, -0.1) is 0 Å². The number of aryl methyl sites for hydroxylation is 1. The number of aromatic hydroxyl groups is 1. The van der Waals surface area contributed by atoms with Gasteiger partial charge in [0.15, 0.2) is 5.82 Å². The Balaban J connectivity index is 2.14. The van der Waals surface area contributed by atoms with Crippen LogP contribution < -0.4 is 5.32 Å². The number of benzene rings is 1. The average Bonchev–Trinajstić information content (AvgIpc) is 2.64. The van der Waals surface area contributed by atoms with Gasteiger partial charge in [-0.05, 0) is 25.1 Å². The third-order valence-electron chi connectivity index (χ3n) is 1.98. The summed E-state index contributed by atoms with van der Waals surface area (Å²) in [6.45, 7) is 1.73. The second-order valence-electron chi connectivity index (χ2n) is 3.33. The minimum absolute atomic E-state index is 0.0454. The van der Waals surface area contributed by atoms with E-state index < -0.39 is 0 Å². The Morgan fingerprint density at radius 3 is 2.88 bits per heavy atom. The number of nitrogens with zero attached hydrogens (tertiary/aromatic N) is 1. The van der Waals surface area contributed by atoms with E-state index in [9.17, 15) is 9.90 Å². The van der Waals surface area contributed by atoms with Crippen LogP contribution in [0, 0.1) is 6.92 Å². The first-order chi connectivity index (χ1) is 7.65. The number of phenolic OH excluding ortho intramolecular Hbond substituents is 1. The highest BCUT2D eigenvalue weighted by molar-refractivity contribution is 6.03. The van der Waals surface area contributed by atoms with Gasteiger partial charge in [0.2, 0.25) is 0 Å². The van der Waals surface area contributed by atoms with Gasteiger partial charge in [0, 0.05) is 11.6 Å². The Kier molecular flexibility index (Phi) is 2.59. The highest BCUT2D eigenvalue weighted by atomic mass is 16.5. The molecular weight excluding hydrogens is 208 g/mol. The highest BCUT2D eigenvalue weighted by Gasteiger charge is 2.08. The third-order valence-corrected chi connectivity index (χ3v) is 1.98. The number of hydrogen-bond acceptors (Lipinski definition) is 4. The molecule has 16 heavy (non-hydrogen) atoms. The first kappa shape index (κ1) is 10.2. The molecule has 0 saturated carbocycles. The summed E-state index contributed by atoms with van der Waals surface area (Å²) in [5.41, 5.74) is 0.362. The molecule has 0 atom stereocenters. The topological polar surface area (TPSA) is 75.4 Å². The SMILES string of the molecule is Cc1cc(NC(=O)c2cccc(O)c2)no1. The maximum Gasteiger partial charge on any atom is 0.257 e. The molecule has 0 unspecified atom stereocenters. The van der Waals surface area contributed by atoms with Gasteiger partial charge < -0.3 is 14.9 Å². The lowest BCUT2D eigenvalue weighted by atomic mass is 10.2. The molecule has 0 radical (unpaired) electrons. The molecular formula is C11H10N2O3. The molecule has 0 aliphatic rings. The predicted molar refractivity (Wildman–Crippen MR) is 57.3 cm³/mol. The number of amides is 1. The molecule has 1 aromatic heterocycles. The first-order valence-corrected chi connectivity index (χ1v) is 4.69. The largest absolute Gasteiger partial charge is 0.508 e. The van der Waals surface area contributed by atoms with Crippen molar-refractivity contribution in [3.05, 3.63) is 41.7 Å². The predicted octanol–water partition coefficient (Wildman–Crippen LogP) is 1.94. The molecule has 1 aromatic carbocycles. The van der Waals surface area contributed by atoms with Gasteiger partial charge in [-0.1, -0.05) is 11.2 Å². The Hall–Kier alpha value is -2.30. The smallest absolute Gasteiger partial charge is 0.257 e. The summed E-state index contributed by atoms with van der Waals surface area (Å²) in [5, 5.41) is 15.4. The summed E-state index contributed by atoms with van der Waals surface area (Å²) in [6.07, 6.45) is 0. The molecule has 2 rings (SSSR count). The Morgan fingerprint density at radius 1 is 1.44 bits per heavy atom. The van der Waals surface area contributed by atoms with Crippen molar-refractivity contribution in [2.45, 2.75) is 6.92 Å². The summed E-state index contributed by atoms with van der Waals surface area (Å²) in [6, 6.07) is 7.68.